The second kappa shape index (κ2) is 3.70. The molecule has 0 aliphatic heterocycles. The topological polar surface area (TPSA) is 13.1 Å². The van der Waals surface area contributed by atoms with Crippen LogP contribution >= 0.6 is 12.6 Å². The van der Waals surface area contributed by atoms with Gasteiger partial charge >= 0.3 is 0 Å². The Labute approximate surface area is 89.5 Å². The molecule has 2 rings (SSSR count). The number of rotatable bonds is 2. The third kappa shape index (κ3) is 1.95. The SMILES string of the molecule is CC(C)Cc1ccc2oc(S)cc2c1. The molecule has 0 spiro atoms. The zero-order valence-electron chi connectivity index (χ0n) is 8.45. The highest BCUT2D eigenvalue weighted by molar-refractivity contribution is 7.80. The lowest BCUT2D eigenvalue weighted by Gasteiger charge is -2.03. The van der Waals surface area contributed by atoms with Gasteiger partial charge in [0.15, 0.2) is 5.09 Å². The number of thiol groups is 1. The fraction of sp³-hybridized carbons (Fsp3) is 0.333. The predicted molar refractivity (Wildman–Crippen MR) is 62.0 cm³/mol. The van der Waals surface area contributed by atoms with Gasteiger partial charge in [-0.1, -0.05) is 19.9 Å². The molecular weight excluding hydrogens is 192 g/mol. The van der Waals surface area contributed by atoms with E-state index in [9.17, 15) is 0 Å². The van der Waals surface area contributed by atoms with Gasteiger partial charge in [0.1, 0.15) is 5.58 Å². The van der Waals surface area contributed by atoms with Crippen molar-refractivity contribution < 1.29 is 4.42 Å². The van der Waals surface area contributed by atoms with Crippen LogP contribution in [-0.4, -0.2) is 0 Å². The number of hydrogen-bond donors (Lipinski definition) is 1. The first kappa shape index (κ1) is 9.66. The van der Waals surface area contributed by atoms with Gasteiger partial charge in [-0.25, -0.2) is 0 Å². The van der Waals surface area contributed by atoms with E-state index in [0.717, 1.165) is 17.4 Å². The van der Waals surface area contributed by atoms with Crippen LogP contribution in [0.5, 0.6) is 0 Å². The van der Waals surface area contributed by atoms with Crippen LogP contribution in [-0.2, 0) is 6.42 Å². The Morgan fingerprint density at radius 1 is 1.29 bits per heavy atom. The highest BCUT2D eigenvalue weighted by atomic mass is 32.1. The van der Waals surface area contributed by atoms with E-state index in [-0.39, 0.29) is 0 Å². The van der Waals surface area contributed by atoms with Gasteiger partial charge in [0, 0.05) is 5.39 Å². The van der Waals surface area contributed by atoms with Gasteiger partial charge in [-0.05, 0) is 36.1 Å². The molecule has 1 aromatic carbocycles. The first-order valence-electron chi connectivity index (χ1n) is 4.86. The van der Waals surface area contributed by atoms with Crippen molar-refractivity contribution in [2.45, 2.75) is 25.4 Å². The summed E-state index contributed by atoms with van der Waals surface area (Å²) in [4.78, 5) is 0. The van der Waals surface area contributed by atoms with E-state index in [1.165, 1.54) is 5.56 Å². The summed E-state index contributed by atoms with van der Waals surface area (Å²) in [6.45, 7) is 4.45. The van der Waals surface area contributed by atoms with Gasteiger partial charge in [0.25, 0.3) is 0 Å². The van der Waals surface area contributed by atoms with Crippen molar-refractivity contribution in [3.63, 3.8) is 0 Å². The summed E-state index contributed by atoms with van der Waals surface area (Å²) in [7, 11) is 0. The maximum absolute atomic E-state index is 5.39. The second-order valence-electron chi connectivity index (χ2n) is 4.05. The molecule has 0 radical (unpaired) electrons. The monoisotopic (exact) mass is 206 g/mol. The van der Waals surface area contributed by atoms with E-state index in [1.807, 2.05) is 12.1 Å². The maximum Gasteiger partial charge on any atom is 0.158 e. The average molecular weight is 206 g/mol. The minimum Gasteiger partial charge on any atom is -0.450 e. The zero-order valence-corrected chi connectivity index (χ0v) is 9.34. The van der Waals surface area contributed by atoms with Gasteiger partial charge < -0.3 is 4.42 Å². The molecule has 0 saturated carbocycles. The minimum absolute atomic E-state index is 0.682. The molecule has 0 amide bonds. The van der Waals surface area contributed by atoms with Crippen LogP contribution in [0.4, 0.5) is 0 Å². The first-order valence-corrected chi connectivity index (χ1v) is 5.31. The average Bonchev–Trinajstić information content (AvgIpc) is 2.42. The molecule has 1 aromatic heterocycles. The number of fused-ring (bicyclic) bond motifs is 1. The molecule has 0 fully saturated rings. The van der Waals surface area contributed by atoms with Crippen molar-refractivity contribution in [3.05, 3.63) is 29.8 Å². The normalized spacial score (nSPS) is 11.4. The fourth-order valence-corrected chi connectivity index (χ4v) is 1.91. The van der Waals surface area contributed by atoms with E-state index in [4.69, 9.17) is 4.42 Å². The summed E-state index contributed by atoms with van der Waals surface area (Å²) in [5.74, 6) is 0.690. The molecule has 14 heavy (non-hydrogen) atoms. The molecular formula is C12H14OS. The first-order chi connectivity index (χ1) is 6.65. The Bertz CT molecular complexity index is 443. The van der Waals surface area contributed by atoms with Gasteiger partial charge in [-0.2, -0.15) is 0 Å². The van der Waals surface area contributed by atoms with Gasteiger partial charge in [-0.15, -0.1) is 12.6 Å². The molecule has 1 nitrogen and oxygen atoms in total. The van der Waals surface area contributed by atoms with E-state index in [0.29, 0.717) is 11.0 Å². The Balaban J connectivity index is 2.40. The molecule has 0 unspecified atom stereocenters. The summed E-state index contributed by atoms with van der Waals surface area (Å²) >= 11 is 4.18. The van der Waals surface area contributed by atoms with Crippen LogP contribution in [0.2, 0.25) is 0 Å². The lowest BCUT2D eigenvalue weighted by molar-refractivity contribution is 0.517. The van der Waals surface area contributed by atoms with E-state index in [2.05, 4.69) is 38.6 Å². The Hall–Kier alpha value is -0.890. The third-order valence-electron chi connectivity index (χ3n) is 2.21. The quantitative estimate of drug-likeness (QED) is 0.735. The van der Waals surface area contributed by atoms with Gasteiger partial charge in [0.05, 0.1) is 0 Å². The van der Waals surface area contributed by atoms with Crippen molar-refractivity contribution in [2.24, 2.45) is 5.92 Å². The molecule has 0 N–H and O–H groups in total. The summed E-state index contributed by atoms with van der Waals surface area (Å²) in [6.07, 6.45) is 1.11. The molecule has 2 heteroatoms. The zero-order chi connectivity index (χ0) is 10.1. The lowest BCUT2D eigenvalue weighted by atomic mass is 10.0. The molecule has 0 aliphatic rings. The lowest BCUT2D eigenvalue weighted by Crippen LogP contribution is -1.92. The number of hydrogen-bond acceptors (Lipinski definition) is 2. The Kier molecular flexibility index (Phi) is 2.55. The highest BCUT2D eigenvalue weighted by Gasteiger charge is 2.03. The van der Waals surface area contributed by atoms with Crippen molar-refractivity contribution in [2.75, 3.05) is 0 Å². The fourth-order valence-electron chi connectivity index (χ4n) is 1.68. The molecule has 0 saturated heterocycles. The molecule has 0 aliphatic carbocycles. The molecule has 0 atom stereocenters. The summed E-state index contributed by atoms with van der Waals surface area (Å²) in [6, 6.07) is 8.28. The molecule has 74 valence electrons. The van der Waals surface area contributed by atoms with Crippen LogP contribution in [0.1, 0.15) is 19.4 Å². The predicted octanol–water partition coefficient (Wildman–Crippen LogP) is 3.92. The van der Waals surface area contributed by atoms with Crippen molar-refractivity contribution in [1.29, 1.82) is 0 Å². The Morgan fingerprint density at radius 2 is 2.07 bits per heavy atom. The van der Waals surface area contributed by atoms with Crippen molar-refractivity contribution >= 4 is 23.6 Å². The van der Waals surface area contributed by atoms with Crippen molar-refractivity contribution in [3.8, 4) is 0 Å². The largest absolute Gasteiger partial charge is 0.450 e. The summed E-state index contributed by atoms with van der Waals surface area (Å²) in [5, 5.41) is 1.83. The van der Waals surface area contributed by atoms with Crippen LogP contribution in [0, 0.1) is 5.92 Å². The van der Waals surface area contributed by atoms with Gasteiger partial charge in [-0.3, -0.25) is 0 Å². The molecule has 2 aromatic rings. The Morgan fingerprint density at radius 3 is 2.79 bits per heavy atom. The van der Waals surface area contributed by atoms with Crippen LogP contribution in [0.15, 0.2) is 33.8 Å². The maximum atomic E-state index is 5.39. The van der Waals surface area contributed by atoms with Crippen molar-refractivity contribution in [1.82, 2.24) is 0 Å². The number of benzene rings is 1. The van der Waals surface area contributed by atoms with Crippen LogP contribution in [0.3, 0.4) is 0 Å². The van der Waals surface area contributed by atoms with Gasteiger partial charge in [0.2, 0.25) is 0 Å². The minimum atomic E-state index is 0.682. The second-order valence-corrected chi connectivity index (χ2v) is 4.50. The highest BCUT2D eigenvalue weighted by Crippen LogP contribution is 2.23. The summed E-state index contributed by atoms with van der Waals surface area (Å²) in [5.41, 5.74) is 2.28. The van der Waals surface area contributed by atoms with Crippen LogP contribution < -0.4 is 0 Å². The summed E-state index contributed by atoms with van der Waals surface area (Å²) < 4.78 is 5.39. The van der Waals surface area contributed by atoms with Crippen LogP contribution in [0.25, 0.3) is 11.0 Å². The molecule has 1 heterocycles. The van der Waals surface area contributed by atoms with E-state index < -0.39 is 0 Å². The standard InChI is InChI=1S/C12H14OS/c1-8(2)5-9-3-4-11-10(6-9)7-12(14)13-11/h3-4,6-8,14H,5H2,1-2H3. The number of furan rings is 1. The molecule has 0 bridgehead atoms. The van der Waals surface area contributed by atoms with E-state index >= 15 is 0 Å². The smallest absolute Gasteiger partial charge is 0.158 e. The van der Waals surface area contributed by atoms with E-state index in [1.54, 1.807) is 0 Å². The third-order valence-corrected chi connectivity index (χ3v) is 2.43.